The first kappa shape index (κ1) is 19.0. The summed E-state index contributed by atoms with van der Waals surface area (Å²) in [6.07, 6.45) is 0. The Morgan fingerprint density at radius 3 is 2.20 bits per heavy atom. The first-order chi connectivity index (χ1) is 12.0. The van der Waals surface area contributed by atoms with Crippen LogP contribution in [-0.4, -0.2) is 29.3 Å². The Morgan fingerprint density at radius 1 is 1.08 bits per heavy atom. The van der Waals surface area contributed by atoms with E-state index in [1.54, 1.807) is 42.5 Å². The van der Waals surface area contributed by atoms with Gasteiger partial charge < -0.3 is 25.8 Å². The van der Waals surface area contributed by atoms with Gasteiger partial charge in [-0.05, 0) is 54.7 Å². The molecule has 6 nitrogen and oxygen atoms in total. The van der Waals surface area contributed by atoms with Crippen molar-refractivity contribution in [2.45, 2.75) is 6.92 Å². The number of halogens is 1. The van der Waals surface area contributed by atoms with Crippen LogP contribution in [0.5, 0.6) is 5.75 Å². The average Bonchev–Trinajstić information content (AvgIpc) is 2.55. The molecule has 0 aromatic heterocycles. The van der Waals surface area contributed by atoms with E-state index in [2.05, 4.69) is 16.0 Å². The number of rotatable bonds is 6. The highest BCUT2D eigenvalue weighted by Gasteiger charge is 2.05. The van der Waals surface area contributed by atoms with Gasteiger partial charge >= 0.3 is 0 Å². The fraction of sp³-hybridized carbons (Fsp3) is 0.176. The molecule has 1 amide bonds. The van der Waals surface area contributed by atoms with E-state index in [0.29, 0.717) is 27.3 Å². The molecule has 0 saturated carbocycles. The second-order valence-electron chi connectivity index (χ2n) is 5.05. The number of ether oxygens (including phenoxy) is 1. The van der Waals surface area contributed by atoms with Gasteiger partial charge in [0, 0.05) is 24.0 Å². The third kappa shape index (κ3) is 6.22. The average molecular weight is 380 g/mol. The number of nitrogens with one attached hydrogen (secondary N) is 3. The van der Waals surface area contributed by atoms with Crippen LogP contribution in [0.1, 0.15) is 6.92 Å². The van der Waals surface area contributed by atoms with Crippen LogP contribution in [0.3, 0.4) is 0 Å². The molecule has 0 saturated heterocycles. The topological polar surface area (TPSA) is 82.6 Å². The van der Waals surface area contributed by atoms with Crippen molar-refractivity contribution in [2.24, 2.45) is 0 Å². The second kappa shape index (κ2) is 9.22. The van der Waals surface area contributed by atoms with Crippen LogP contribution in [0, 0.1) is 0 Å². The number of amides is 1. The summed E-state index contributed by atoms with van der Waals surface area (Å²) in [5.74, 6) is 0.370. The molecule has 0 spiro atoms. The van der Waals surface area contributed by atoms with E-state index in [1.807, 2.05) is 0 Å². The zero-order valence-electron chi connectivity index (χ0n) is 13.5. The van der Waals surface area contributed by atoms with Crippen molar-refractivity contribution in [3.63, 3.8) is 0 Å². The molecule has 2 aromatic carbocycles. The van der Waals surface area contributed by atoms with E-state index in [0.717, 1.165) is 5.69 Å². The monoisotopic (exact) mass is 379 g/mol. The van der Waals surface area contributed by atoms with Crippen LogP contribution < -0.4 is 20.7 Å². The van der Waals surface area contributed by atoms with Crippen molar-refractivity contribution in [1.82, 2.24) is 0 Å². The highest BCUT2D eigenvalue weighted by Crippen LogP contribution is 2.27. The number of thiocarbonyl (C=S) groups is 1. The zero-order valence-corrected chi connectivity index (χ0v) is 15.1. The van der Waals surface area contributed by atoms with Crippen molar-refractivity contribution in [2.75, 3.05) is 29.2 Å². The molecule has 0 aliphatic rings. The first-order valence-electron chi connectivity index (χ1n) is 7.47. The minimum atomic E-state index is -0.124. The summed E-state index contributed by atoms with van der Waals surface area (Å²) in [6, 6.07) is 12.3. The van der Waals surface area contributed by atoms with Gasteiger partial charge in [0.25, 0.3) is 0 Å². The van der Waals surface area contributed by atoms with Crippen LogP contribution in [-0.2, 0) is 4.79 Å². The SMILES string of the molecule is CC(=O)Nc1ccc(NC(=S)Nc2ccc(OCCO)c(Cl)c2)cc1. The number of benzene rings is 2. The molecule has 0 atom stereocenters. The minimum absolute atomic E-state index is 0.0783. The highest BCUT2D eigenvalue weighted by atomic mass is 35.5. The summed E-state index contributed by atoms with van der Waals surface area (Å²) in [7, 11) is 0. The highest BCUT2D eigenvalue weighted by molar-refractivity contribution is 7.80. The van der Waals surface area contributed by atoms with Crippen LogP contribution in [0.15, 0.2) is 42.5 Å². The largest absolute Gasteiger partial charge is 0.490 e. The Morgan fingerprint density at radius 2 is 1.64 bits per heavy atom. The van der Waals surface area contributed by atoms with Crippen molar-refractivity contribution in [3.05, 3.63) is 47.5 Å². The Bertz CT molecular complexity index is 753. The Kier molecular flexibility index (Phi) is 7.00. The zero-order chi connectivity index (χ0) is 18.2. The maximum absolute atomic E-state index is 11.0. The molecule has 0 aliphatic heterocycles. The molecule has 132 valence electrons. The van der Waals surface area contributed by atoms with E-state index in [9.17, 15) is 4.79 Å². The lowest BCUT2D eigenvalue weighted by Crippen LogP contribution is -2.19. The fourth-order valence-corrected chi connectivity index (χ4v) is 2.46. The van der Waals surface area contributed by atoms with E-state index in [4.69, 9.17) is 33.7 Å². The predicted octanol–water partition coefficient (Wildman–Crippen LogP) is 3.48. The number of hydrogen-bond acceptors (Lipinski definition) is 4. The van der Waals surface area contributed by atoms with Crippen molar-refractivity contribution < 1.29 is 14.6 Å². The molecular weight excluding hydrogens is 362 g/mol. The van der Waals surface area contributed by atoms with Gasteiger partial charge in [0.15, 0.2) is 5.11 Å². The summed E-state index contributed by atoms with van der Waals surface area (Å²) >= 11 is 11.4. The van der Waals surface area contributed by atoms with E-state index < -0.39 is 0 Å². The normalized spacial score (nSPS) is 10.0. The van der Waals surface area contributed by atoms with Crippen LogP contribution in [0.2, 0.25) is 5.02 Å². The summed E-state index contributed by atoms with van der Waals surface area (Å²) < 4.78 is 5.29. The minimum Gasteiger partial charge on any atom is -0.490 e. The molecule has 8 heteroatoms. The molecule has 0 bridgehead atoms. The number of carbonyl (C=O) groups is 1. The summed E-state index contributed by atoms with van der Waals surface area (Å²) in [4.78, 5) is 11.0. The molecule has 0 heterocycles. The van der Waals surface area contributed by atoms with Crippen LogP contribution in [0.25, 0.3) is 0 Å². The number of aliphatic hydroxyl groups excluding tert-OH is 1. The number of aliphatic hydroxyl groups is 1. The number of carbonyl (C=O) groups excluding carboxylic acids is 1. The van der Waals surface area contributed by atoms with Gasteiger partial charge in [-0.2, -0.15) is 0 Å². The molecule has 4 N–H and O–H groups in total. The summed E-state index contributed by atoms with van der Waals surface area (Å²) in [5, 5.41) is 18.3. The molecule has 2 aromatic rings. The molecule has 0 aliphatic carbocycles. The number of anilines is 3. The van der Waals surface area contributed by atoms with Crippen molar-refractivity contribution in [3.8, 4) is 5.75 Å². The fourth-order valence-electron chi connectivity index (χ4n) is 1.98. The Balaban J connectivity index is 1.93. The van der Waals surface area contributed by atoms with Gasteiger partial charge in [-0.15, -0.1) is 0 Å². The van der Waals surface area contributed by atoms with Gasteiger partial charge in [0.2, 0.25) is 5.91 Å². The van der Waals surface area contributed by atoms with Gasteiger partial charge in [-0.25, -0.2) is 0 Å². The smallest absolute Gasteiger partial charge is 0.221 e. The van der Waals surface area contributed by atoms with Gasteiger partial charge in [-0.3, -0.25) is 4.79 Å². The molecule has 0 radical (unpaired) electrons. The summed E-state index contributed by atoms with van der Waals surface area (Å²) in [6.45, 7) is 1.56. The van der Waals surface area contributed by atoms with Gasteiger partial charge in [0.1, 0.15) is 12.4 Å². The van der Waals surface area contributed by atoms with E-state index in [-0.39, 0.29) is 19.1 Å². The summed E-state index contributed by atoms with van der Waals surface area (Å²) in [5.41, 5.74) is 2.19. The first-order valence-corrected chi connectivity index (χ1v) is 8.25. The third-order valence-corrected chi connectivity index (χ3v) is 3.50. The predicted molar refractivity (Wildman–Crippen MR) is 105 cm³/mol. The van der Waals surface area contributed by atoms with E-state index >= 15 is 0 Å². The van der Waals surface area contributed by atoms with Gasteiger partial charge in [-0.1, -0.05) is 11.6 Å². The van der Waals surface area contributed by atoms with E-state index in [1.165, 1.54) is 6.92 Å². The standard InChI is InChI=1S/C17H18ClN3O3S/c1-11(23)19-12-2-4-13(5-3-12)20-17(25)21-14-6-7-16(15(18)10-14)24-9-8-22/h2-7,10,22H,8-9H2,1H3,(H,19,23)(H2,20,21,25). The molecule has 0 fully saturated rings. The lowest BCUT2D eigenvalue weighted by Gasteiger charge is -2.13. The Labute approximate surface area is 156 Å². The van der Waals surface area contributed by atoms with Crippen molar-refractivity contribution in [1.29, 1.82) is 0 Å². The molecular formula is C17H18ClN3O3S. The lowest BCUT2D eigenvalue weighted by molar-refractivity contribution is -0.114. The third-order valence-electron chi connectivity index (χ3n) is 3.00. The quantitative estimate of drug-likeness (QED) is 0.575. The van der Waals surface area contributed by atoms with Gasteiger partial charge in [0.05, 0.1) is 11.6 Å². The maximum atomic E-state index is 11.0. The van der Waals surface area contributed by atoms with Crippen LogP contribution >= 0.6 is 23.8 Å². The maximum Gasteiger partial charge on any atom is 0.221 e. The Hall–Kier alpha value is -2.35. The second-order valence-corrected chi connectivity index (χ2v) is 5.87. The molecule has 0 unspecified atom stereocenters. The van der Waals surface area contributed by atoms with Crippen molar-refractivity contribution >= 4 is 51.9 Å². The lowest BCUT2D eigenvalue weighted by atomic mass is 10.3. The number of hydrogen-bond donors (Lipinski definition) is 4. The molecule has 25 heavy (non-hydrogen) atoms. The van der Waals surface area contributed by atoms with Crippen LogP contribution in [0.4, 0.5) is 17.1 Å². The molecule has 2 rings (SSSR count).